The molecule has 26 heavy (non-hydrogen) atoms. The third-order valence-corrected chi connectivity index (χ3v) is 7.47. The first-order valence-corrected chi connectivity index (χ1v) is 10.6. The fraction of sp³-hybridized carbons (Fsp3) is 0.438. The largest absolute Gasteiger partial charge is 0.550 e. The van der Waals surface area contributed by atoms with E-state index in [4.69, 9.17) is 0 Å². The molecule has 0 unspecified atom stereocenters. The van der Waals surface area contributed by atoms with Gasteiger partial charge in [0.1, 0.15) is 5.82 Å². The minimum atomic E-state index is -3.22. The average molecular weight is 399 g/mol. The molecule has 0 saturated carbocycles. The molecule has 1 amide bonds. The molecule has 0 bridgehead atoms. The third-order valence-electron chi connectivity index (χ3n) is 4.26. The lowest BCUT2D eigenvalue weighted by atomic mass is 10.1. The van der Waals surface area contributed by atoms with Gasteiger partial charge in [0.25, 0.3) is 0 Å². The van der Waals surface area contributed by atoms with Crippen LogP contribution in [0.2, 0.25) is 0 Å². The van der Waals surface area contributed by atoms with E-state index in [9.17, 15) is 27.5 Å². The van der Waals surface area contributed by atoms with E-state index in [0.29, 0.717) is 11.3 Å². The van der Waals surface area contributed by atoms with Gasteiger partial charge in [0.2, 0.25) is 5.91 Å². The topological polar surface area (TPSA) is 107 Å². The van der Waals surface area contributed by atoms with E-state index >= 15 is 0 Å². The maximum Gasteiger partial charge on any atom is 0.248 e. The zero-order valence-electron chi connectivity index (χ0n) is 13.8. The first kappa shape index (κ1) is 18.8. The number of halogens is 1. The molecule has 2 atom stereocenters. The molecule has 0 spiro atoms. The van der Waals surface area contributed by atoms with E-state index in [1.54, 1.807) is 24.0 Å². The smallest absolute Gasteiger partial charge is 0.248 e. The van der Waals surface area contributed by atoms with Gasteiger partial charge in [-0.3, -0.25) is 4.79 Å². The number of fused-ring (bicyclic) bond motifs is 1. The van der Waals surface area contributed by atoms with Crippen molar-refractivity contribution in [3.05, 3.63) is 29.6 Å². The number of aliphatic carboxylic acids is 1. The molecule has 1 aromatic rings. The Balaban J connectivity index is 1.94. The van der Waals surface area contributed by atoms with Crippen LogP contribution in [0.1, 0.15) is 18.4 Å². The predicted octanol–water partition coefficient (Wildman–Crippen LogP) is 0.266. The predicted molar refractivity (Wildman–Crippen MR) is 94.1 cm³/mol. The van der Waals surface area contributed by atoms with Crippen molar-refractivity contribution in [3.8, 4) is 0 Å². The van der Waals surface area contributed by atoms with Gasteiger partial charge >= 0.3 is 0 Å². The SMILES string of the molecule is Cc1ccc(N2C(=NC(=O)CCC(=O)[O-])S[C@H]3CS(=O)(=O)C[C@@H]32)cc1F. The molecule has 2 heterocycles. The summed E-state index contributed by atoms with van der Waals surface area (Å²) in [6, 6.07) is 4.05. The number of hydrogen-bond acceptors (Lipinski definition) is 6. The maximum atomic E-state index is 14.0. The van der Waals surface area contributed by atoms with Crippen molar-refractivity contribution >= 4 is 44.3 Å². The molecule has 7 nitrogen and oxygen atoms in total. The van der Waals surface area contributed by atoms with Crippen molar-refractivity contribution in [3.63, 3.8) is 0 Å². The number of aryl methyl sites for hydroxylation is 1. The van der Waals surface area contributed by atoms with E-state index in [2.05, 4.69) is 4.99 Å². The number of carbonyl (C=O) groups excluding carboxylic acids is 2. The molecule has 2 saturated heterocycles. The Bertz CT molecular complexity index is 900. The van der Waals surface area contributed by atoms with Gasteiger partial charge in [0.05, 0.1) is 17.5 Å². The van der Waals surface area contributed by atoms with Crippen LogP contribution >= 0.6 is 11.8 Å². The van der Waals surface area contributed by atoms with E-state index < -0.39 is 40.0 Å². The lowest BCUT2D eigenvalue weighted by Crippen LogP contribution is -2.37. The monoisotopic (exact) mass is 399 g/mol. The standard InChI is InChI=1S/C16H17FN2O5S2/c1-9-2-3-10(6-11(9)17)19-12-7-26(23,24)8-13(12)25-16(19)18-14(20)4-5-15(21)22/h2-3,6,12-13H,4-5,7-8H2,1H3,(H,21,22)/p-1/t12-,13-/m0/s1. The van der Waals surface area contributed by atoms with E-state index in [1.807, 2.05) is 0 Å². The van der Waals surface area contributed by atoms with Gasteiger partial charge in [-0.05, 0) is 31.0 Å². The Morgan fingerprint density at radius 3 is 2.73 bits per heavy atom. The number of amides is 1. The first-order valence-electron chi connectivity index (χ1n) is 7.90. The normalized spacial score (nSPS) is 25.5. The van der Waals surface area contributed by atoms with E-state index in [-0.39, 0.29) is 28.3 Å². The molecule has 2 fully saturated rings. The van der Waals surface area contributed by atoms with Crippen LogP contribution in [0.15, 0.2) is 23.2 Å². The summed E-state index contributed by atoms with van der Waals surface area (Å²) in [6.45, 7) is 1.61. The molecule has 1 aromatic carbocycles. The third kappa shape index (κ3) is 3.90. The number of benzene rings is 1. The summed E-state index contributed by atoms with van der Waals surface area (Å²) in [7, 11) is -3.22. The molecule has 2 aliphatic rings. The van der Waals surface area contributed by atoms with Crippen LogP contribution in [-0.2, 0) is 19.4 Å². The number of rotatable bonds is 4. The Morgan fingerprint density at radius 1 is 1.35 bits per heavy atom. The summed E-state index contributed by atoms with van der Waals surface area (Å²) >= 11 is 1.15. The zero-order chi connectivity index (χ0) is 19.1. The number of carboxylic acids is 1. The fourth-order valence-electron chi connectivity index (χ4n) is 2.97. The minimum Gasteiger partial charge on any atom is -0.550 e. The van der Waals surface area contributed by atoms with Gasteiger partial charge in [0, 0.05) is 23.3 Å². The van der Waals surface area contributed by atoms with Crippen molar-refractivity contribution in [2.45, 2.75) is 31.1 Å². The van der Waals surface area contributed by atoms with Crippen LogP contribution in [0, 0.1) is 12.7 Å². The molecule has 0 radical (unpaired) electrons. The summed E-state index contributed by atoms with van der Waals surface area (Å²) < 4.78 is 37.9. The molecular formula is C16H16FN2O5S2-. The van der Waals surface area contributed by atoms with Crippen molar-refractivity contribution in [2.75, 3.05) is 16.4 Å². The van der Waals surface area contributed by atoms with Crippen LogP contribution in [0.5, 0.6) is 0 Å². The number of aliphatic imine (C=N–C) groups is 1. The maximum absolute atomic E-state index is 14.0. The Hall–Kier alpha value is -1.94. The van der Waals surface area contributed by atoms with Crippen molar-refractivity contribution in [1.29, 1.82) is 0 Å². The quantitative estimate of drug-likeness (QED) is 0.715. The molecule has 0 aliphatic carbocycles. The van der Waals surface area contributed by atoms with Gasteiger partial charge in [-0.25, -0.2) is 12.8 Å². The van der Waals surface area contributed by atoms with Gasteiger partial charge in [-0.15, -0.1) is 0 Å². The summed E-state index contributed by atoms with van der Waals surface area (Å²) in [5.41, 5.74) is 0.858. The highest BCUT2D eigenvalue weighted by Gasteiger charge is 2.49. The first-order chi connectivity index (χ1) is 12.2. The second-order valence-electron chi connectivity index (χ2n) is 6.26. The van der Waals surface area contributed by atoms with Gasteiger partial charge in [-0.1, -0.05) is 17.8 Å². The number of carbonyl (C=O) groups is 2. The fourth-order valence-corrected chi connectivity index (χ4v) is 6.90. The average Bonchev–Trinajstić information content (AvgIpc) is 2.99. The minimum absolute atomic E-state index is 0.0422. The summed E-state index contributed by atoms with van der Waals surface area (Å²) in [4.78, 5) is 27.9. The number of nitrogens with zero attached hydrogens (tertiary/aromatic N) is 2. The molecule has 0 aromatic heterocycles. The number of thioether (sulfide) groups is 1. The van der Waals surface area contributed by atoms with Crippen LogP contribution in [0.25, 0.3) is 0 Å². The Kier molecular flexibility index (Phi) is 5.07. The lowest BCUT2D eigenvalue weighted by molar-refractivity contribution is -0.305. The second-order valence-corrected chi connectivity index (χ2v) is 9.62. The molecular weight excluding hydrogens is 383 g/mol. The molecule has 140 valence electrons. The summed E-state index contributed by atoms with van der Waals surface area (Å²) in [6.07, 6.45) is -0.753. The number of carboxylic acid groups (broad SMARTS) is 1. The number of anilines is 1. The van der Waals surface area contributed by atoms with E-state index in [1.165, 1.54) is 6.07 Å². The summed E-state index contributed by atoms with van der Waals surface area (Å²) in [5.74, 6) is -2.58. The van der Waals surface area contributed by atoms with Crippen molar-refractivity contribution in [2.24, 2.45) is 4.99 Å². The van der Waals surface area contributed by atoms with E-state index in [0.717, 1.165) is 11.8 Å². The van der Waals surface area contributed by atoms with Crippen LogP contribution < -0.4 is 10.0 Å². The van der Waals surface area contributed by atoms with Crippen LogP contribution in [0.4, 0.5) is 10.1 Å². The molecule has 3 rings (SSSR count). The number of hydrogen-bond donors (Lipinski definition) is 0. The van der Waals surface area contributed by atoms with Gasteiger partial charge in [-0.2, -0.15) is 4.99 Å². The number of sulfone groups is 1. The second kappa shape index (κ2) is 6.99. The van der Waals surface area contributed by atoms with Gasteiger partial charge < -0.3 is 14.8 Å². The summed E-state index contributed by atoms with van der Waals surface area (Å²) in [5, 5.41) is 10.4. The lowest BCUT2D eigenvalue weighted by Gasteiger charge is -2.24. The van der Waals surface area contributed by atoms with Crippen LogP contribution in [0.3, 0.4) is 0 Å². The van der Waals surface area contributed by atoms with Crippen molar-refractivity contribution in [1.82, 2.24) is 0 Å². The molecule has 2 aliphatic heterocycles. The Labute approximate surface area is 154 Å². The Morgan fingerprint density at radius 2 is 2.08 bits per heavy atom. The van der Waals surface area contributed by atoms with Crippen molar-refractivity contribution < 1.29 is 27.5 Å². The zero-order valence-corrected chi connectivity index (χ0v) is 15.5. The molecule has 0 N–H and O–H groups in total. The highest BCUT2D eigenvalue weighted by atomic mass is 32.2. The molecule has 10 heteroatoms. The highest BCUT2D eigenvalue weighted by Crippen LogP contribution is 2.41. The van der Waals surface area contributed by atoms with Gasteiger partial charge in [0.15, 0.2) is 15.0 Å². The highest BCUT2D eigenvalue weighted by molar-refractivity contribution is 8.16. The van der Waals surface area contributed by atoms with Crippen LogP contribution in [-0.4, -0.2) is 48.3 Å². The number of amidine groups is 1.